The number of hydrogen-bond donors (Lipinski definition) is 1. The van der Waals surface area contributed by atoms with E-state index >= 15 is 0 Å². The summed E-state index contributed by atoms with van der Waals surface area (Å²) in [5, 5.41) is 13.7. The summed E-state index contributed by atoms with van der Waals surface area (Å²) in [6, 6.07) is 14.0. The first-order valence-electron chi connectivity index (χ1n) is 6.54. The van der Waals surface area contributed by atoms with E-state index in [0.29, 0.717) is 6.54 Å². The number of nitrogens with one attached hydrogen (secondary N) is 1. The Labute approximate surface area is 131 Å². The summed E-state index contributed by atoms with van der Waals surface area (Å²) in [6.07, 6.45) is 1.76. The average Bonchev–Trinajstić information content (AvgIpc) is 2.53. The Bertz CT molecular complexity index is 759. The molecular weight excluding hydrogens is 330 g/mol. The molecule has 0 radical (unpaired) electrons. The van der Waals surface area contributed by atoms with Crippen molar-refractivity contribution in [2.45, 2.75) is 6.54 Å². The first kappa shape index (κ1) is 13.8. The van der Waals surface area contributed by atoms with Crippen LogP contribution in [0.1, 0.15) is 5.56 Å². The number of aromatic nitrogens is 2. The van der Waals surface area contributed by atoms with Crippen molar-refractivity contribution in [1.82, 2.24) is 10.2 Å². The maximum absolute atomic E-state index is 5.15. The maximum atomic E-state index is 5.15. The van der Waals surface area contributed by atoms with Gasteiger partial charge >= 0.3 is 0 Å². The Balaban J connectivity index is 1.81. The zero-order valence-electron chi connectivity index (χ0n) is 11.5. The number of anilines is 1. The summed E-state index contributed by atoms with van der Waals surface area (Å²) < 4.78 is 6.19. The second kappa shape index (κ2) is 6.10. The summed E-state index contributed by atoms with van der Waals surface area (Å²) in [7, 11) is 1.66. The van der Waals surface area contributed by atoms with Crippen molar-refractivity contribution in [3.05, 3.63) is 58.7 Å². The number of rotatable bonds is 4. The Morgan fingerprint density at radius 2 is 1.95 bits per heavy atom. The van der Waals surface area contributed by atoms with Gasteiger partial charge in [0.05, 0.1) is 13.3 Å². The third-order valence-corrected chi connectivity index (χ3v) is 3.74. The van der Waals surface area contributed by atoms with Crippen LogP contribution in [-0.4, -0.2) is 17.3 Å². The fraction of sp³-hybridized carbons (Fsp3) is 0.125. The number of fused-ring (bicyclic) bond motifs is 1. The zero-order valence-corrected chi connectivity index (χ0v) is 13.1. The van der Waals surface area contributed by atoms with Gasteiger partial charge in [0.25, 0.3) is 0 Å². The monoisotopic (exact) mass is 343 g/mol. The van der Waals surface area contributed by atoms with Crippen LogP contribution < -0.4 is 10.1 Å². The molecule has 2 aromatic carbocycles. The van der Waals surface area contributed by atoms with Crippen LogP contribution in [0.25, 0.3) is 10.8 Å². The first-order chi connectivity index (χ1) is 10.3. The second-order valence-electron chi connectivity index (χ2n) is 4.63. The molecule has 106 valence electrons. The normalized spacial score (nSPS) is 10.6. The van der Waals surface area contributed by atoms with Gasteiger partial charge in [-0.25, -0.2) is 0 Å². The molecule has 1 aromatic heterocycles. The van der Waals surface area contributed by atoms with Crippen molar-refractivity contribution >= 4 is 32.5 Å². The third kappa shape index (κ3) is 3.13. The molecule has 0 amide bonds. The van der Waals surface area contributed by atoms with Crippen molar-refractivity contribution in [2.75, 3.05) is 12.4 Å². The summed E-state index contributed by atoms with van der Waals surface area (Å²) in [5.41, 5.74) is 1.16. The summed E-state index contributed by atoms with van der Waals surface area (Å²) in [5.74, 6) is 1.64. The molecule has 0 saturated heterocycles. The predicted octanol–water partition coefficient (Wildman–Crippen LogP) is 4.01. The summed E-state index contributed by atoms with van der Waals surface area (Å²) >= 11 is 3.47. The van der Waals surface area contributed by atoms with Gasteiger partial charge in [0.15, 0.2) is 5.82 Å². The van der Waals surface area contributed by atoms with Gasteiger partial charge in [0, 0.05) is 21.8 Å². The van der Waals surface area contributed by atoms with Crippen molar-refractivity contribution in [1.29, 1.82) is 0 Å². The van der Waals surface area contributed by atoms with Crippen molar-refractivity contribution < 1.29 is 4.74 Å². The molecule has 0 aliphatic heterocycles. The smallest absolute Gasteiger partial charge is 0.156 e. The fourth-order valence-electron chi connectivity index (χ4n) is 2.12. The van der Waals surface area contributed by atoms with Gasteiger partial charge in [-0.1, -0.05) is 28.1 Å². The lowest BCUT2D eigenvalue weighted by Crippen LogP contribution is -2.03. The molecule has 0 aliphatic rings. The number of ether oxygens (including phenoxy) is 1. The average molecular weight is 344 g/mol. The highest BCUT2D eigenvalue weighted by Gasteiger charge is 2.04. The molecule has 0 atom stereocenters. The van der Waals surface area contributed by atoms with Crippen LogP contribution in [0.2, 0.25) is 0 Å². The molecule has 4 nitrogen and oxygen atoms in total. The molecule has 0 aliphatic carbocycles. The van der Waals surface area contributed by atoms with Crippen LogP contribution in [0.3, 0.4) is 0 Å². The molecule has 0 spiro atoms. The Morgan fingerprint density at radius 1 is 1.14 bits per heavy atom. The number of nitrogens with zero attached hydrogens (tertiary/aromatic N) is 2. The number of halogens is 1. The van der Waals surface area contributed by atoms with E-state index in [9.17, 15) is 0 Å². The van der Waals surface area contributed by atoms with Gasteiger partial charge in [-0.2, -0.15) is 5.10 Å². The van der Waals surface area contributed by atoms with Gasteiger partial charge in [-0.15, -0.1) is 5.10 Å². The molecule has 0 saturated carbocycles. The van der Waals surface area contributed by atoms with Gasteiger partial charge in [0.1, 0.15) is 5.75 Å². The van der Waals surface area contributed by atoms with Crippen molar-refractivity contribution in [3.63, 3.8) is 0 Å². The number of benzene rings is 2. The molecule has 1 heterocycles. The van der Waals surface area contributed by atoms with E-state index in [4.69, 9.17) is 4.74 Å². The van der Waals surface area contributed by atoms with Crippen molar-refractivity contribution in [3.8, 4) is 5.75 Å². The van der Waals surface area contributed by atoms with Crippen LogP contribution >= 0.6 is 15.9 Å². The van der Waals surface area contributed by atoms with Crippen LogP contribution in [0, 0.1) is 0 Å². The number of methoxy groups -OCH3 is 1. The minimum absolute atomic E-state index is 0.688. The largest absolute Gasteiger partial charge is 0.497 e. The van der Waals surface area contributed by atoms with Crippen LogP contribution in [0.4, 0.5) is 5.82 Å². The van der Waals surface area contributed by atoms with Crippen molar-refractivity contribution in [2.24, 2.45) is 0 Å². The lowest BCUT2D eigenvalue weighted by atomic mass is 10.2. The predicted molar refractivity (Wildman–Crippen MR) is 87.6 cm³/mol. The zero-order chi connectivity index (χ0) is 14.7. The minimum Gasteiger partial charge on any atom is -0.497 e. The van der Waals surface area contributed by atoms with E-state index in [1.54, 1.807) is 13.3 Å². The topological polar surface area (TPSA) is 47.0 Å². The molecular formula is C16H14BrN3O. The molecule has 0 unspecified atom stereocenters. The van der Waals surface area contributed by atoms with E-state index in [1.165, 1.54) is 0 Å². The van der Waals surface area contributed by atoms with Crippen LogP contribution in [0.15, 0.2) is 53.1 Å². The van der Waals surface area contributed by atoms with E-state index in [0.717, 1.165) is 32.4 Å². The molecule has 21 heavy (non-hydrogen) atoms. The quantitative estimate of drug-likeness (QED) is 0.777. The molecule has 0 bridgehead atoms. The fourth-order valence-corrected chi connectivity index (χ4v) is 2.50. The highest BCUT2D eigenvalue weighted by atomic mass is 79.9. The third-order valence-electron chi connectivity index (χ3n) is 3.24. The van der Waals surface area contributed by atoms with E-state index in [1.807, 2.05) is 42.5 Å². The molecule has 3 aromatic rings. The summed E-state index contributed by atoms with van der Waals surface area (Å²) in [4.78, 5) is 0. The van der Waals surface area contributed by atoms with Gasteiger partial charge in [-0.05, 0) is 35.9 Å². The molecule has 0 fully saturated rings. The van der Waals surface area contributed by atoms with E-state index in [2.05, 4.69) is 31.4 Å². The summed E-state index contributed by atoms with van der Waals surface area (Å²) in [6.45, 7) is 0.688. The van der Waals surface area contributed by atoms with Gasteiger partial charge in [-0.3, -0.25) is 0 Å². The lowest BCUT2D eigenvalue weighted by molar-refractivity contribution is 0.414. The molecule has 3 rings (SSSR count). The Hall–Kier alpha value is -2.14. The SMILES string of the molecule is COc1ccc(CNc2nncc3cc(Br)ccc23)cc1. The highest BCUT2D eigenvalue weighted by molar-refractivity contribution is 9.10. The van der Waals surface area contributed by atoms with E-state index < -0.39 is 0 Å². The highest BCUT2D eigenvalue weighted by Crippen LogP contribution is 2.24. The molecule has 1 N–H and O–H groups in total. The van der Waals surface area contributed by atoms with Crippen LogP contribution in [-0.2, 0) is 6.54 Å². The van der Waals surface area contributed by atoms with Gasteiger partial charge < -0.3 is 10.1 Å². The molecule has 5 heteroatoms. The Kier molecular flexibility index (Phi) is 4.01. The second-order valence-corrected chi connectivity index (χ2v) is 5.54. The lowest BCUT2D eigenvalue weighted by Gasteiger charge is -2.08. The first-order valence-corrected chi connectivity index (χ1v) is 7.33. The van der Waals surface area contributed by atoms with E-state index in [-0.39, 0.29) is 0 Å². The standard InChI is InChI=1S/C16H14BrN3O/c1-21-14-5-2-11(3-6-14)9-18-16-15-7-4-13(17)8-12(15)10-19-20-16/h2-8,10H,9H2,1H3,(H,18,20). The maximum Gasteiger partial charge on any atom is 0.156 e. The Morgan fingerprint density at radius 3 is 2.71 bits per heavy atom. The minimum atomic E-state index is 0.688. The number of hydrogen-bond acceptors (Lipinski definition) is 4. The van der Waals surface area contributed by atoms with Gasteiger partial charge in [0.2, 0.25) is 0 Å². The van der Waals surface area contributed by atoms with Crippen LogP contribution in [0.5, 0.6) is 5.75 Å².